The van der Waals surface area contributed by atoms with Crippen molar-refractivity contribution in [2.24, 2.45) is 5.92 Å². The molecule has 1 amide bonds. The minimum atomic E-state index is -0.307. The van der Waals surface area contributed by atoms with Gasteiger partial charge in [0.15, 0.2) is 5.11 Å². The van der Waals surface area contributed by atoms with Crippen LogP contribution in [-0.2, 0) is 0 Å². The maximum atomic E-state index is 12.4. The van der Waals surface area contributed by atoms with E-state index in [1.54, 1.807) is 30.3 Å². The summed E-state index contributed by atoms with van der Waals surface area (Å²) < 4.78 is 6.41. The highest BCUT2D eigenvalue weighted by atomic mass is 79.9. The average molecular weight is 456 g/mol. The number of hydrogen-bond acceptors (Lipinski definition) is 3. The van der Waals surface area contributed by atoms with Crippen molar-refractivity contribution in [1.29, 1.82) is 0 Å². The van der Waals surface area contributed by atoms with Crippen LogP contribution in [0.5, 0.6) is 5.75 Å². The lowest BCUT2D eigenvalue weighted by Crippen LogP contribution is -2.34. The van der Waals surface area contributed by atoms with Crippen molar-refractivity contribution in [3.8, 4) is 5.75 Å². The van der Waals surface area contributed by atoms with Gasteiger partial charge in [0, 0.05) is 16.3 Å². The number of amides is 1. The molecule has 0 fully saturated rings. The lowest BCUT2D eigenvalue weighted by molar-refractivity contribution is 0.0977. The molecule has 0 aliphatic carbocycles. The van der Waals surface area contributed by atoms with Gasteiger partial charge < -0.3 is 10.1 Å². The Balaban J connectivity index is 2.01. The molecular formula is C19H20BrClN2O2S. The van der Waals surface area contributed by atoms with E-state index in [1.165, 1.54) is 0 Å². The van der Waals surface area contributed by atoms with Crippen LogP contribution >= 0.6 is 39.7 Å². The Morgan fingerprint density at radius 3 is 2.65 bits per heavy atom. The van der Waals surface area contributed by atoms with E-state index in [9.17, 15) is 4.79 Å². The van der Waals surface area contributed by atoms with Crippen LogP contribution in [0.4, 0.5) is 5.69 Å². The number of rotatable bonds is 5. The van der Waals surface area contributed by atoms with Crippen LogP contribution < -0.4 is 15.4 Å². The minimum Gasteiger partial charge on any atom is -0.492 e. The van der Waals surface area contributed by atoms with Crippen molar-refractivity contribution < 1.29 is 9.53 Å². The maximum Gasteiger partial charge on any atom is 0.257 e. The molecule has 2 aromatic carbocycles. The second-order valence-corrected chi connectivity index (χ2v) is 7.92. The Morgan fingerprint density at radius 1 is 1.27 bits per heavy atom. The number of carbonyl (C=O) groups is 1. The van der Waals surface area contributed by atoms with Crippen molar-refractivity contribution in [1.82, 2.24) is 5.32 Å². The number of ether oxygens (including phenoxy) is 1. The predicted octanol–water partition coefficient (Wildman–Crippen LogP) is 5.57. The normalized spacial score (nSPS) is 10.5. The van der Waals surface area contributed by atoms with Crippen molar-refractivity contribution in [2.75, 3.05) is 11.9 Å². The summed E-state index contributed by atoms with van der Waals surface area (Å²) >= 11 is 14.6. The summed E-state index contributed by atoms with van der Waals surface area (Å²) in [5.41, 5.74) is 2.20. The lowest BCUT2D eigenvalue weighted by Gasteiger charge is -2.13. The zero-order chi connectivity index (χ0) is 19.3. The first kappa shape index (κ1) is 20.7. The van der Waals surface area contributed by atoms with Crippen LogP contribution in [-0.4, -0.2) is 17.6 Å². The van der Waals surface area contributed by atoms with Gasteiger partial charge >= 0.3 is 0 Å². The maximum absolute atomic E-state index is 12.4. The molecule has 7 heteroatoms. The fourth-order valence-corrected chi connectivity index (χ4v) is 2.94. The van der Waals surface area contributed by atoms with Gasteiger partial charge in [-0.2, -0.15) is 0 Å². The Morgan fingerprint density at radius 2 is 2.00 bits per heavy atom. The molecule has 138 valence electrons. The molecule has 2 N–H and O–H groups in total. The number of benzene rings is 2. The van der Waals surface area contributed by atoms with E-state index in [4.69, 9.17) is 28.6 Å². The molecule has 0 saturated heterocycles. The number of nitrogens with one attached hydrogen (secondary N) is 2. The number of anilines is 1. The summed E-state index contributed by atoms with van der Waals surface area (Å²) in [7, 11) is 0. The van der Waals surface area contributed by atoms with Crippen LogP contribution in [0, 0.1) is 12.8 Å². The third-order valence-electron chi connectivity index (χ3n) is 3.44. The Bertz CT molecular complexity index is 827. The van der Waals surface area contributed by atoms with Crippen LogP contribution in [0.2, 0.25) is 5.02 Å². The summed E-state index contributed by atoms with van der Waals surface area (Å²) in [5, 5.41) is 6.45. The Kier molecular flexibility index (Phi) is 7.43. The van der Waals surface area contributed by atoms with E-state index in [-0.39, 0.29) is 11.0 Å². The molecule has 0 bridgehead atoms. The number of halogens is 2. The predicted molar refractivity (Wildman–Crippen MR) is 114 cm³/mol. The van der Waals surface area contributed by atoms with Crippen LogP contribution in [0.25, 0.3) is 0 Å². The zero-order valence-corrected chi connectivity index (χ0v) is 17.9. The summed E-state index contributed by atoms with van der Waals surface area (Å²) in [6.45, 7) is 6.68. The first-order chi connectivity index (χ1) is 12.3. The molecule has 0 aliphatic heterocycles. The van der Waals surface area contributed by atoms with Crippen molar-refractivity contribution >= 4 is 56.5 Å². The van der Waals surface area contributed by atoms with E-state index in [1.807, 2.05) is 13.0 Å². The van der Waals surface area contributed by atoms with Gasteiger partial charge in [-0.05, 0) is 76.9 Å². The second kappa shape index (κ2) is 9.35. The lowest BCUT2D eigenvalue weighted by atomic mass is 10.2. The fraction of sp³-hybridized carbons (Fsp3) is 0.263. The Hall–Kier alpha value is -1.63. The van der Waals surface area contributed by atoms with Gasteiger partial charge in [-0.3, -0.25) is 10.1 Å². The molecule has 0 radical (unpaired) electrons. The molecule has 0 spiro atoms. The first-order valence-electron chi connectivity index (χ1n) is 8.07. The molecular weight excluding hydrogens is 436 g/mol. The summed E-state index contributed by atoms with van der Waals surface area (Å²) in [5.74, 6) is 0.812. The van der Waals surface area contributed by atoms with E-state index in [0.29, 0.717) is 28.9 Å². The van der Waals surface area contributed by atoms with Gasteiger partial charge in [-0.1, -0.05) is 31.5 Å². The number of thiocarbonyl (C=S) groups is 1. The molecule has 26 heavy (non-hydrogen) atoms. The first-order valence-corrected chi connectivity index (χ1v) is 9.65. The van der Waals surface area contributed by atoms with Gasteiger partial charge in [-0.15, -0.1) is 0 Å². The van der Waals surface area contributed by atoms with Gasteiger partial charge in [0.05, 0.1) is 11.1 Å². The van der Waals surface area contributed by atoms with Crippen molar-refractivity contribution in [3.05, 3.63) is 57.0 Å². The van der Waals surface area contributed by atoms with Crippen molar-refractivity contribution in [3.63, 3.8) is 0 Å². The summed E-state index contributed by atoms with van der Waals surface area (Å²) in [6, 6.07) is 10.6. The largest absolute Gasteiger partial charge is 0.492 e. The quantitative estimate of drug-likeness (QED) is 0.579. The van der Waals surface area contributed by atoms with Crippen LogP contribution in [0.15, 0.2) is 40.9 Å². The number of hydrogen-bond donors (Lipinski definition) is 2. The molecule has 2 aromatic rings. The van der Waals surface area contributed by atoms with E-state index >= 15 is 0 Å². The van der Waals surface area contributed by atoms with Gasteiger partial charge in [-0.25, -0.2) is 0 Å². The molecule has 0 unspecified atom stereocenters. The molecule has 0 heterocycles. The van der Waals surface area contributed by atoms with E-state index in [0.717, 1.165) is 15.7 Å². The molecule has 0 aromatic heterocycles. The highest BCUT2D eigenvalue weighted by Gasteiger charge is 2.12. The highest BCUT2D eigenvalue weighted by molar-refractivity contribution is 9.10. The fourth-order valence-electron chi connectivity index (χ4n) is 2.07. The molecule has 0 aliphatic rings. The number of carbonyl (C=O) groups excluding carboxylic acids is 1. The molecule has 0 atom stereocenters. The van der Waals surface area contributed by atoms with Gasteiger partial charge in [0.1, 0.15) is 5.75 Å². The third kappa shape index (κ3) is 5.97. The highest BCUT2D eigenvalue weighted by Crippen LogP contribution is 2.26. The molecule has 2 rings (SSSR count). The third-order valence-corrected chi connectivity index (χ3v) is 4.50. The summed E-state index contributed by atoms with van der Waals surface area (Å²) in [6.07, 6.45) is 0. The number of aryl methyl sites for hydroxylation is 1. The summed E-state index contributed by atoms with van der Waals surface area (Å²) in [4.78, 5) is 12.4. The van der Waals surface area contributed by atoms with E-state index in [2.05, 4.69) is 40.4 Å². The standard InChI is InChI=1S/C19H20BrClN2O2S/c1-11(2)10-25-17-7-5-13(8-15(17)20)18(24)23-19(26)22-16-9-14(21)6-4-12(16)3/h4-9,11H,10H2,1-3H3,(H2,22,23,24,26). The second-order valence-electron chi connectivity index (χ2n) is 6.22. The zero-order valence-electron chi connectivity index (χ0n) is 14.7. The Labute approximate surface area is 172 Å². The van der Waals surface area contributed by atoms with E-state index < -0.39 is 0 Å². The topological polar surface area (TPSA) is 50.4 Å². The molecule has 4 nitrogen and oxygen atoms in total. The minimum absolute atomic E-state index is 0.205. The SMILES string of the molecule is Cc1ccc(Cl)cc1NC(=S)NC(=O)c1ccc(OCC(C)C)c(Br)c1. The van der Waals surface area contributed by atoms with Crippen LogP contribution in [0.1, 0.15) is 29.8 Å². The monoisotopic (exact) mass is 454 g/mol. The average Bonchev–Trinajstić information content (AvgIpc) is 2.56. The van der Waals surface area contributed by atoms with Crippen molar-refractivity contribution in [2.45, 2.75) is 20.8 Å². The smallest absolute Gasteiger partial charge is 0.257 e. The van der Waals surface area contributed by atoms with Gasteiger partial charge in [0.25, 0.3) is 5.91 Å². The van der Waals surface area contributed by atoms with Gasteiger partial charge in [0.2, 0.25) is 0 Å². The molecule has 0 saturated carbocycles. The van der Waals surface area contributed by atoms with Crippen LogP contribution in [0.3, 0.4) is 0 Å².